The first-order valence-electron chi connectivity index (χ1n) is 7.83. The third kappa shape index (κ3) is 3.93. The zero-order valence-electron chi connectivity index (χ0n) is 13.9. The van der Waals surface area contributed by atoms with Crippen molar-refractivity contribution < 1.29 is 14.3 Å². The number of aromatic nitrogens is 2. The van der Waals surface area contributed by atoms with E-state index in [2.05, 4.69) is 15.5 Å². The Morgan fingerprint density at radius 2 is 2.24 bits per heavy atom. The van der Waals surface area contributed by atoms with Crippen LogP contribution in [0, 0.1) is 5.92 Å². The van der Waals surface area contributed by atoms with Gasteiger partial charge >= 0.3 is 0 Å². The van der Waals surface area contributed by atoms with Crippen LogP contribution in [0.4, 0.5) is 10.8 Å². The predicted octanol–water partition coefficient (Wildman–Crippen LogP) is 2.65. The number of para-hydroxylation sites is 2. The summed E-state index contributed by atoms with van der Waals surface area (Å²) < 4.78 is 6.13. The van der Waals surface area contributed by atoms with Gasteiger partial charge in [-0.25, -0.2) is 0 Å². The molecule has 0 saturated carbocycles. The summed E-state index contributed by atoms with van der Waals surface area (Å²) in [5.41, 5.74) is 0.683. The van der Waals surface area contributed by atoms with Crippen LogP contribution in [0.15, 0.2) is 28.6 Å². The molecule has 9 heteroatoms. The first-order valence-corrected chi connectivity index (χ1v) is 9.63. The predicted molar refractivity (Wildman–Crippen MR) is 98.4 cm³/mol. The summed E-state index contributed by atoms with van der Waals surface area (Å²) in [7, 11) is 1.56. The minimum absolute atomic E-state index is 0.0934. The van der Waals surface area contributed by atoms with Gasteiger partial charge in [0.1, 0.15) is 5.75 Å². The number of amides is 2. The number of benzene rings is 1. The van der Waals surface area contributed by atoms with Gasteiger partial charge in [-0.3, -0.25) is 9.59 Å². The van der Waals surface area contributed by atoms with E-state index in [1.807, 2.05) is 25.1 Å². The van der Waals surface area contributed by atoms with Gasteiger partial charge < -0.3 is 15.0 Å². The van der Waals surface area contributed by atoms with Crippen molar-refractivity contribution in [3.05, 3.63) is 24.3 Å². The monoisotopic (exact) mass is 378 g/mol. The maximum absolute atomic E-state index is 12.5. The minimum Gasteiger partial charge on any atom is -0.495 e. The van der Waals surface area contributed by atoms with Crippen LogP contribution in [0.5, 0.6) is 5.75 Å². The molecule has 132 valence electrons. The van der Waals surface area contributed by atoms with Crippen LogP contribution in [0.3, 0.4) is 0 Å². The Bertz CT molecular complexity index is 780. The van der Waals surface area contributed by atoms with Crippen molar-refractivity contribution >= 4 is 45.7 Å². The van der Waals surface area contributed by atoms with E-state index in [0.29, 0.717) is 23.1 Å². The largest absolute Gasteiger partial charge is 0.495 e. The van der Waals surface area contributed by atoms with E-state index in [9.17, 15) is 9.59 Å². The van der Waals surface area contributed by atoms with E-state index in [-0.39, 0.29) is 18.2 Å². The topological polar surface area (TPSA) is 84.4 Å². The normalized spacial score (nSPS) is 17.0. The lowest BCUT2D eigenvalue weighted by Crippen LogP contribution is -2.28. The molecule has 25 heavy (non-hydrogen) atoms. The fourth-order valence-corrected chi connectivity index (χ4v) is 4.27. The first kappa shape index (κ1) is 17.7. The Morgan fingerprint density at radius 1 is 1.44 bits per heavy atom. The molecule has 1 aromatic heterocycles. The number of anilines is 2. The van der Waals surface area contributed by atoms with E-state index in [1.54, 1.807) is 29.8 Å². The highest BCUT2D eigenvalue weighted by atomic mass is 32.2. The molecule has 1 fully saturated rings. The number of carbonyl (C=O) groups is 2. The highest BCUT2D eigenvalue weighted by molar-refractivity contribution is 8.01. The second-order valence-corrected chi connectivity index (χ2v) is 7.86. The second-order valence-electron chi connectivity index (χ2n) is 5.37. The quantitative estimate of drug-likeness (QED) is 0.614. The Kier molecular flexibility index (Phi) is 5.54. The summed E-state index contributed by atoms with van der Waals surface area (Å²) in [5, 5.41) is 11.2. The highest BCUT2D eigenvalue weighted by Gasteiger charge is 2.36. The van der Waals surface area contributed by atoms with Gasteiger partial charge in [-0.05, 0) is 17.9 Å². The molecule has 7 nitrogen and oxygen atoms in total. The molecule has 0 aliphatic carbocycles. The molecule has 1 aromatic carbocycles. The van der Waals surface area contributed by atoms with Crippen molar-refractivity contribution in [2.45, 2.75) is 17.7 Å². The van der Waals surface area contributed by atoms with Crippen LogP contribution in [-0.2, 0) is 9.59 Å². The molecular weight excluding hydrogens is 360 g/mol. The average Bonchev–Trinajstić information content (AvgIpc) is 3.21. The Balaban J connectivity index is 1.68. The fraction of sp³-hybridized carbons (Fsp3) is 0.375. The van der Waals surface area contributed by atoms with Gasteiger partial charge in [0.25, 0.3) is 0 Å². The minimum atomic E-state index is -0.427. The lowest BCUT2D eigenvalue weighted by molar-refractivity contribution is -0.122. The van der Waals surface area contributed by atoms with Gasteiger partial charge in [0, 0.05) is 13.0 Å². The maximum Gasteiger partial charge on any atom is 0.231 e. The standard InChI is InChI=1S/C16H18N4O3S2/c1-3-24-16-19-18-15(25-16)17-14(22)10-8-13(21)20(9-10)11-6-4-5-7-12(11)23-2/h4-7,10H,3,8-9H2,1-2H3,(H,17,18,22)/t10-/m0/s1. The van der Waals surface area contributed by atoms with Gasteiger partial charge in [0.15, 0.2) is 4.34 Å². The van der Waals surface area contributed by atoms with Crippen molar-refractivity contribution in [1.29, 1.82) is 0 Å². The molecule has 0 spiro atoms. The Morgan fingerprint density at radius 3 is 3.00 bits per heavy atom. The van der Waals surface area contributed by atoms with E-state index in [4.69, 9.17) is 4.74 Å². The smallest absolute Gasteiger partial charge is 0.231 e. The molecular formula is C16H18N4O3S2. The van der Waals surface area contributed by atoms with Crippen molar-refractivity contribution in [3.63, 3.8) is 0 Å². The van der Waals surface area contributed by atoms with Gasteiger partial charge in [0.05, 0.1) is 18.7 Å². The molecule has 2 heterocycles. The summed E-state index contributed by atoms with van der Waals surface area (Å²) in [6.07, 6.45) is 0.166. The summed E-state index contributed by atoms with van der Waals surface area (Å²) in [4.78, 5) is 26.4. The number of methoxy groups -OCH3 is 1. The molecule has 1 aliphatic heterocycles. The molecule has 2 amide bonds. The second kappa shape index (κ2) is 7.83. The van der Waals surface area contributed by atoms with Crippen molar-refractivity contribution in [1.82, 2.24) is 10.2 Å². The summed E-state index contributed by atoms with van der Waals surface area (Å²) >= 11 is 2.91. The lowest BCUT2D eigenvalue weighted by atomic mass is 10.1. The van der Waals surface area contributed by atoms with Crippen molar-refractivity contribution in [2.75, 3.05) is 29.6 Å². The van der Waals surface area contributed by atoms with Gasteiger partial charge in [-0.1, -0.05) is 42.2 Å². The number of ether oxygens (including phenoxy) is 1. The highest BCUT2D eigenvalue weighted by Crippen LogP contribution is 2.33. The molecule has 2 aromatic rings. The van der Waals surface area contributed by atoms with Crippen LogP contribution in [0.2, 0.25) is 0 Å². The molecule has 1 N–H and O–H groups in total. The van der Waals surface area contributed by atoms with Crippen LogP contribution in [-0.4, -0.2) is 41.4 Å². The number of carbonyl (C=O) groups excluding carboxylic acids is 2. The summed E-state index contributed by atoms with van der Waals surface area (Å²) in [6.45, 7) is 2.35. The molecule has 1 saturated heterocycles. The molecule has 1 aliphatic rings. The van der Waals surface area contributed by atoms with Crippen LogP contribution in [0.25, 0.3) is 0 Å². The van der Waals surface area contributed by atoms with Crippen LogP contribution < -0.4 is 15.0 Å². The fourth-order valence-electron chi connectivity index (χ4n) is 2.62. The van der Waals surface area contributed by atoms with Crippen molar-refractivity contribution in [3.8, 4) is 5.75 Å². The first-order chi connectivity index (χ1) is 12.1. The van der Waals surface area contributed by atoms with Gasteiger partial charge in [0.2, 0.25) is 16.9 Å². The Labute approximate surface area is 153 Å². The van der Waals surface area contributed by atoms with E-state index < -0.39 is 5.92 Å². The number of thioether (sulfide) groups is 1. The molecule has 1 atom stereocenters. The van der Waals surface area contributed by atoms with E-state index >= 15 is 0 Å². The van der Waals surface area contributed by atoms with Crippen LogP contribution >= 0.6 is 23.1 Å². The van der Waals surface area contributed by atoms with Gasteiger partial charge in [-0.2, -0.15) is 0 Å². The molecule has 0 bridgehead atoms. The average molecular weight is 378 g/mol. The number of nitrogens with one attached hydrogen (secondary N) is 1. The number of rotatable bonds is 6. The zero-order valence-corrected chi connectivity index (χ0v) is 15.5. The number of hydrogen-bond acceptors (Lipinski definition) is 7. The third-order valence-corrected chi connectivity index (χ3v) is 5.63. The zero-order chi connectivity index (χ0) is 17.8. The molecule has 3 rings (SSSR count). The summed E-state index contributed by atoms with van der Waals surface area (Å²) in [6, 6.07) is 7.29. The SMILES string of the molecule is CCSc1nnc(NC(=O)[C@H]2CC(=O)N(c3ccccc3OC)C2)s1. The van der Waals surface area contributed by atoms with Crippen LogP contribution in [0.1, 0.15) is 13.3 Å². The maximum atomic E-state index is 12.5. The van der Waals surface area contributed by atoms with E-state index in [1.165, 1.54) is 11.3 Å². The summed E-state index contributed by atoms with van der Waals surface area (Å²) in [5.74, 6) is 0.776. The molecule has 0 radical (unpaired) electrons. The lowest BCUT2D eigenvalue weighted by Gasteiger charge is -2.19. The van der Waals surface area contributed by atoms with Crippen molar-refractivity contribution in [2.24, 2.45) is 5.92 Å². The van der Waals surface area contributed by atoms with Gasteiger partial charge in [-0.15, -0.1) is 10.2 Å². The Hall–Kier alpha value is -2.13. The number of hydrogen-bond donors (Lipinski definition) is 1. The number of nitrogens with zero attached hydrogens (tertiary/aromatic N) is 3. The molecule has 0 unspecified atom stereocenters. The van der Waals surface area contributed by atoms with E-state index in [0.717, 1.165) is 10.1 Å². The third-order valence-electron chi connectivity index (χ3n) is 3.78.